The number of aliphatic hydroxyl groups excluding tert-OH is 1. The maximum Gasteiger partial charge on any atom is 0.411 e. The molecule has 2 aliphatic carbocycles. The van der Waals surface area contributed by atoms with Gasteiger partial charge in [0.2, 0.25) is 15.9 Å². The zero-order valence-electron chi connectivity index (χ0n) is 17.4. The molecule has 4 atom stereocenters. The van der Waals surface area contributed by atoms with Crippen LogP contribution in [-0.4, -0.2) is 71.4 Å². The van der Waals surface area contributed by atoms with Crippen LogP contribution in [0, 0.1) is 5.92 Å². The van der Waals surface area contributed by atoms with Gasteiger partial charge in [0.15, 0.2) is 0 Å². The number of nitrogens with zero attached hydrogens (tertiary/aromatic N) is 1. The lowest BCUT2D eigenvalue weighted by molar-refractivity contribution is -0.131. The highest BCUT2D eigenvalue weighted by molar-refractivity contribution is 7.91. The minimum Gasteiger partial charge on any atom is -0.444 e. The molecule has 1 unspecified atom stereocenters. The number of hydrogen-bond acceptors (Lipinski definition) is 7. The summed E-state index contributed by atoms with van der Waals surface area (Å²) in [6, 6.07) is -1.04. The van der Waals surface area contributed by atoms with E-state index in [0.717, 1.165) is 4.90 Å². The lowest BCUT2D eigenvalue weighted by atomic mass is 10.1. The molecule has 3 amide bonds. The second kappa shape index (κ2) is 7.52. The Morgan fingerprint density at radius 3 is 2.40 bits per heavy atom. The number of amides is 3. The molecule has 3 aliphatic rings. The van der Waals surface area contributed by atoms with E-state index in [-0.39, 0.29) is 19.4 Å². The molecule has 3 N–H and O–H groups in total. The van der Waals surface area contributed by atoms with E-state index >= 15 is 0 Å². The molecule has 0 aromatic rings. The Bertz CT molecular complexity index is 862. The zero-order chi connectivity index (χ0) is 22.5. The summed E-state index contributed by atoms with van der Waals surface area (Å²) in [5, 5.41) is 12.0. The van der Waals surface area contributed by atoms with Gasteiger partial charge < -0.3 is 15.2 Å². The number of carbonyl (C=O) groups is 3. The van der Waals surface area contributed by atoms with Crippen LogP contribution in [0.3, 0.4) is 0 Å². The molecular formula is C19H29N3O7S. The fourth-order valence-corrected chi connectivity index (χ4v) is 4.97. The molecule has 1 aliphatic heterocycles. The third-order valence-corrected chi connectivity index (χ3v) is 7.28. The molecule has 30 heavy (non-hydrogen) atoms. The van der Waals surface area contributed by atoms with Crippen LogP contribution in [-0.2, 0) is 24.3 Å². The van der Waals surface area contributed by atoms with Gasteiger partial charge in [-0.05, 0) is 40.0 Å². The molecule has 3 fully saturated rings. The van der Waals surface area contributed by atoms with Crippen molar-refractivity contribution >= 4 is 27.9 Å². The summed E-state index contributed by atoms with van der Waals surface area (Å²) in [5.41, 5.74) is -2.22. The van der Waals surface area contributed by atoms with Gasteiger partial charge in [0.25, 0.3) is 5.91 Å². The van der Waals surface area contributed by atoms with E-state index in [1.165, 1.54) is 6.08 Å². The van der Waals surface area contributed by atoms with E-state index in [1.54, 1.807) is 20.8 Å². The van der Waals surface area contributed by atoms with Gasteiger partial charge in [-0.3, -0.25) is 19.2 Å². The Hall–Kier alpha value is -2.14. The molecule has 1 saturated heterocycles. The lowest BCUT2D eigenvalue weighted by Crippen LogP contribution is -2.56. The van der Waals surface area contributed by atoms with Gasteiger partial charge in [0, 0.05) is 12.3 Å². The predicted octanol–water partition coefficient (Wildman–Crippen LogP) is 0.0260. The van der Waals surface area contributed by atoms with Gasteiger partial charge in [-0.2, -0.15) is 0 Å². The fraction of sp³-hybridized carbons (Fsp3) is 0.737. The van der Waals surface area contributed by atoms with Crippen LogP contribution in [0.25, 0.3) is 0 Å². The second-order valence-corrected chi connectivity index (χ2v) is 11.2. The number of β-amino-alcohol motifs (C(OH)–C–C–N with tert-alkyl or cyclic N) is 1. The Kier molecular flexibility index (Phi) is 5.65. The summed E-state index contributed by atoms with van der Waals surface area (Å²) in [4.78, 5) is 39.3. The first-order valence-electron chi connectivity index (χ1n) is 9.97. The first-order valence-corrected chi connectivity index (χ1v) is 11.5. The van der Waals surface area contributed by atoms with E-state index in [1.807, 2.05) is 0 Å². The van der Waals surface area contributed by atoms with Gasteiger partial charge in [-0.25, -0.2) is 13.2 Å². The summed E-state index contributed by atoms with van der Waals surface area (Å²) in [6.07, 6.45) is 1.01. The number of carbonyl (C=O) groups excluding carboxylic acids is 3. The summed E-state index contributed by atoms with van der Waals surface area (Å²) < 4.78 is 31.7. The largest absolute Gasteiger partial charge is 0.444 e. The summed E-state index contributed by atoms with van der Waals surface area (Å²) >= 11 is 0. The number of likely N-dealkylation sites (tertiary alicyclic amines) is 1. The van der Waals surface area contributed by atoms with E-state index in [9.17, 15) is 27.9 Å². The third-order valence-electron chi connectivity index (χ3n) is 5.46. The number of rotatable bonds is 6. The number of aliphatic hydroxyl groups is 1. The average Bonchev–Trinajstić information content (AvgIpc) is 3.50. The summed E-state index contributed by atoms with van der Waals surface area (Å²) in [7, 11) is -3.78. The highest BCUT2D eigenvalue weighted by atomic mass is 32.2. The molecular weight excluding hydrogens is 414 g/mol. The van der Waals surface area contributed by atoms with Crippen molar-refractivity contribution in [2.24, 2.45) is 5.92 Å². The smallest absolute Gasteiger partial charge is 0.411 e. The predicted molar refractivity (Wildman–Crippen MR) is 107 cm³/mol. The van der Waals surface area contributed by atoms with Crippen molar-refractivity contribution in [2.75, 3.05) is 6.54 Å². The van der Waals surface area contributed by atoms with Crippen LogP contribution in [0.5, 0.6) is 0 Å². The topological polar surface area (TPSA) is 142 Å². The summed E-state index contributed by atoms with van der Waals surface area (Å²) in [6.45, 7) is 8.62. The SMILES string of the molecule is C=CC1C[C@]1(NC(=O)[C@@H]1C[C@@H](O)CN1C(=O)OC(C)(C)C)C(=O)NS(=O)(=O)C1CC1. The quantitative estimate of drug-likeness (QED) is 0.492. The monoisotopic (exact) mass is 443 g/mol. The highest BCUT2D eigenvalue weighted by Crippen LogP contribution is 2.45. The van der Waals surface area contributed by atoms with Crippen molar-refractivity contribution in [1.82, 2.24) is 14.9 Å². The minimum atomic E-state index is -3.78. The van der Waals surface area contributed by atoms with Gasteiger partial charge in [-0.15, -0.1) is 6.58 Å². The molecule has 168 valence electrons. The van der Waals surface area contributed by atoms with Gasteiger partial charge >= 0.3 is 6.09 Å². The van der Waals surface area contributed by atoms with Crippen LogP contribution >= 0.6 is 0 Å². The van der Waals surface area contributed by atoms with Crippen molar-refractivity contribution in [3.8, 4) is 0 Å². The Morgan fingerprint density at radius 1 is 1.27 bits per heavy atom. The second-order valence-electron chi connectivity index (χ2n) is 9.22. The van der Waals surface area contributed by atoms with Crippen LogP contribution in [0.1, 0.15) is 46.5 Å². The Balaban J connectivity index is 1.73. The molecule has 0 radical (unpaired) electrons. The molecule has 3 rings (SSSR count). The van der Waals surface area contributed by atoms with Gasteiger partial charge in [-0.1, -0.05) is 6.08 Å². The minimum absolute atomic E-state index is 0.0120. The first-order chi connectivity index (χ1) is 13.8. The standard InChI is InChI=1S/C19H29N3O7S/c1-5-11-9-19(11,16(25)21-30(27,28)13-6-7-13)20-15(24)14-8-12(23)10-22(14)17(26)29-18(2,3)4/h5,11-14,23H,1,6-10H2,2-4H3,(H,20,24)(H,21,25)/t11?,12-,14+,19-/m1/s1. The van der Waals surface area contributed by atoms with Crippen LogP contribution in [0.15, 0.2) is 12.7 Å². The Labute approximate surface area is 176 Å². The molecule has 11 heteroatoms. The van der Waals surface area contributed by atoms with E-state index < -0.39 is 62.4 Å². The zero-order valence-corrected chi connectivity index (χ0v) is 18.2. The molecule has 0 aromatic carbocycles. The Morgan fingerprint density at radius 2 is 1.90 bits per heavy atom. The van der Waals surface area contributed by atoms with E-state index in [4.69, 9.17) is 4.74 Å². The van der Waals surface area contributed by atoms with Crippen molar-refractivity contribution in [3.05, 3.63) is 12.7 Å². The van der Waals surface area contributed by atoms with Gasteiger partial charge in [0.1, 0.15) is 17.2 Å². The molecule has 10 nitrogen and oxygen atoms in total. The van der Waals surface area contributed by atoms with Crippen molar-refractivity contribution in [2.45, 2.75) is 75.0 Å². The lowest BCUT2D eigenvalue weighted by Gasteiger charge is -2.29. The number of nitrogens with one attached hydrogen (secondary N) is 2. The van der Waals surface area contributed by atoms with Crippen LogP contribution < -0.4 is 10.0 Å². The van der Waals surface area contributed by atoms with Crippen molar-refractivity contribution in [1.29, 1.82) is 0 Å². The van der Waals surface area contributed by atoms with E-state index in [2.05, 4.69) is 16.6 Å². The molecule has 0 spiro atoms. The average molecular weight is 444 g/mol. The molecule has 0 bridgehead atoms. The molecule has 0 aromatic heterocycles. The first kappa shape index (κ1) is 22.5. The van der Waals surface area contributed by atoms with Crippen molar-refractivity contribution < 1.29 is 32.6 Å². The van der Waals surface area contributed by atoms with Crippen LogP contribution in [0.2, 0.25) is 0 Å². The fourth-order valence-electron chi connectivity index (χ4n) is 3.60. The number of hydrogen-bond donors (Lipinski definition) is 3. The maximum atomic E-state index is 13.0. The summed E-state index contributed by atoms with van der Waals surface area (Å²) in [5.74, 6) is -1.90. The number of ether oxygens (including phenoxy) is 1. The molecule has 1 heterocycles. The normalized spacial score (nSPS) is 31.1. The third kappa shape index (κ3) is 4.61. The number of sulfonamides is 1. The van der Waals surface area contributed by atoms with Crippen molar-refractivity contribution in [3.63, 3.8) is 0 Å². The van der Waals surface area contributed by atoms with E-state index in [0.29, 0.717) is 12.8 Å². The van der Waals surface area contributed by atoms with Gasteiger partial charge in [0.05, 0.1) is 17.9 Å². The van der Waals surface area contributed by atoms with Crippen LogP contribution in [0.4, 0.5) is 4.79 Å². The maximum absolute atomic E-state index is 13.0. The highest BCUT2D eigenvalue weighted by Gasteiger charge is 2.61. The molecule has 2 saturated carbocycles.